The van der Waals surface area contributed by atoms with Crippen molar-refractivity contribution in [2.75, 3.05) is 6.54 Å². The van der Waals surface area contributed by atoms with Crippen LogP contribution in [0.1, 0.15) is 32.3 Å². The monoisotopic (exact) mass is 269 g/mol. The van der Waals surface area contributed by atoms with Gasteiger partial charge in [0, 0.05) is 24.2 Å². The average Bonchev–Trinajstić information content (AvgIpc) is 3.14. The van der Waals surface area contributed by atoms with Crippen LogP contribution in [-0.2, 0) is 0 Å². The van der Waals surface area contributed by atoms with Gasteiger partial charge in [-0.2, -0.15) is 0 Å². The topological polar surface area (TPSA) is 12.0 Å². The van der Waals surface area contributed by atoms with Gasteiger partial charge in [0.2, 0.25) is 0 Å². The van der Waals surface area contributed by atoms with E-state index in [1.807, 2.05) is 13.8 Å². The Morgan fingerprint density at radius 1 is 1.21 bits per heavy atom. The molecule has 1 aliphatic rings. The first-order valence-corrected chi connectivity index (χ1v) is 6.55. The Bertz CT molecular complexity index is 490. The van der Waals surface area contributed by atoms with Gasteiger partial charge in [0.25, 0.3) is 0 Å². The van der Waals surface area contributed by atoms with Crippen LogP contribution in [0.3, 0.4) is 0 Å². The summed E-state index contributed by atoms with van der Waals surface area (Å²) in [4.78, 5) is 0. The van der Waals surface area contributed by atoms with E-state index in [9.17, 15) is 13.2 Å². The SMILES string of the molecule is CC(C)/C(=C/c1cc(F)c(F)cc1F)CNC1CC1. The summed E-state index contributed by atoms with van der Waals surface area (Å²) >= 11 is 0. The second-order valence-corrected chi connectivity index (χ2v) is 5.32. The highest BCUT2D eigenvalue weighted by molar-refractivity contribution is 5.54. The molecule has 1 saturated carbocycles. The molecule has 0 amide bonds. The zero-order chi connectivity index (χ0) is 14.0. The lowest BCUT2D eigenvalue weighted by Gasteiger charge is -2.13. The van der Waals surface area contributed by atoms with Crippen molar-refractivity contribution in [3.63, 3.8) is 0 Å². The van der Waals surface area contributed by atoms with E-state index in [0.29, 0.717) is 18.7 Å². The van der Waals surface area contributed by atoms with E-state index in [-0.39, 0.29) is 11.5 Å². The number of hydrogen-bond donors (Lipinski definition) is 1. The number of benzene rings is 1. The van der Waals surface area contributed by atoms with E-state index in [2.05, 4.69) is 5.32 Å². The first-order chi connectivity index (χ1) is 8.97. The van der Waals surface area contributed by atoms with E-state index in [1.54, 1.807) is 6.08 Å². The number of rotatable bonds is 5. The van der Waals surface area contributed by atoms with Gasteiger partial charge in [-0.3, -0.25) is 0 Å². The first kappa shape index (κ1) is 14.1. The van der Waals surface area contributed by atoms with Crippen LogP contribution in [0.25, 0.3) is 6.08 Å². The van der Waals surface area contributed by atoms with Crippen molar-refractivity contribution in [1.29, 1.82) is 0 Å². The average molecular weight is 269 g/mol. The van der Waals surface area contributed by atoms with Crippen molar-refractivity contribution in [1.82, 2.24) is 5.32 Å². The Labute approximate surface area is 111 Å². The molecule has 4 heteroatoms. The Hall–Kier alpha value is -1.29. The molecular formula is C15H18F3N. The van der Waals surface area contributed by atoms with Gasteiger partial charge in [-0.1, -0.05) is 25.5 Å². The summed E-state index contributed by atoms with van der Waals surface area (Å²) in [5, 5.41) is 3.35. The summed E-state index contributed by atoms with van der Waals surface area (Å²) in [6, 6.07) is 2.05. The van der Waals surface area contributed by atoms with Crippen LogP contribution in [-0.4, -0.2) is 12.6 Å². The van der Waals surface area contributed by atoms with Gasteiger partial charge in [0.05, 0.1) is 0 Å². The largest absolute Gasteiger partial charge is 0.310 e. The van der Waals surface area contributed by atoms with Crippen LogP contribution >= 0.6 is 0 Å². The molecule has 0 spiro atoms. The minimum absolute atomic E-state index is 0.0974. The Morgan fingerprint density at radius 2 is 1.84 bits per heavy atom. The molecule has 19 heavy (non-hydrogen) atoms. The van der Waals surface area contributed by atoms with E-state index in [0.717, 1.165) is 11.6 Å². The minimum Gasteiger partial charge on any atom is -0.310 e. The fourth-order valence-electron chi connectivity index (χ4n) is 1.82. The molecule has 1 N–H and O–H groups in total. The van der Waals surface area contributed by atoms with Crippen LogP contribution in [0.4, 0.5) is 13.2 Å². The van der Waals surface area contributed by atoms with E-state index in [1.165, 1.54) is 12.8 Å². The highest BCUT2D eigenvalue weighted by Gasteiger charge is 2.21. The van der Waals surface area contributed by atoms with Gasteiger partial charge in [-0.25, -0.2) is 13.2 Å². The molecule has 1 fully saturated rings. The van der Waals surface area contributed by atoms with Gasteiger partial charge in [0.15, 0.2) is 11.6 Å². The van der Waals surface area contributed by atoms with E-state index >= 15 is 0 Å². The predicted molar refractivity (Wildman–Crippen MR) is 70.2 cm³/mol. The molecule has 1 aromatic rings. The number of nitrogens with one attached hydrogen (secondary N) is 1. The molecule has 1 nitrogen and oxygen atoms in total. The van der Waals surface area contributed by atoms with Gasteiger partial charge >= 0.3 is 0 Å². The molecule has 0 radical (unpaired) electrons. The fourth-order valence-corrected chi connectivity index (χ4v) is 1.82. The van der Waals surface area contributed by atoms with Crippen molar-refractivity contribution in [2.24, 2.45) is 5.92 Å². The van der Waals surface area contributed by atoms with Crippen molar-refractivity contribution >= 4 is 6.08 Å². The summed E-state index contributed by atoms with van der Waals surface area (Å²) in [6.45, 7) is 4.65. The van der Waals surface area contributed by atoms with Crippen molar-refractivity contribution in [3.05, 3.63) is 40.7 Å². The molecule has 1 aromatic carbocycles. The Kier molecular flexibility index (Phi) is 4.30. The van der Waals surface area contributed by atoms with Gasteiger partial charge in [-0.15, -0.1) is 0 Å². The second kappa shape index (κ2) is 5.78. The summed E-state index contributed by atoms with van der Waals surface area (Å²) in [6.07, 6.45) is 3.95. The summed E-state index contributed by atoms with van der Waals surface area (Å²) < 4.78 is 39.6. The summed E-state index contributed by atoms with van der Waals surface area (Å²) in [5.74, 6) is -2.69. The molecule has 0 saturated heterocycles. The van der Waals surface area contributed by atoms with Gasteiger partial charge in [0.1, 0.15) is 5.82 Å². The van der Waals surface area contributed by atoms with Crippen LogP contribution in [0.15, 0.2) is 17.7 Å². The van der Waals surface area contributed by atoms with E-state index in [4.69, 9.17) is 0 Å². The van der Waals surface area contributed by atoms with Crippen molar-refractivity contribution in [3.8, 4) is 0 Å². The molecule has 0 aromatic heterocycles. The third kappa shape index (κ3) is 3.83. The molecule has 0 heterocycles. The highest BCUT2D eigenvalue weighted by atomic mass is 19.2. The first-order valence-electron chi connectivity index (χ1n) is 6.55. The zero-order valence-electron chi connectivity index (χ0n) is 11.1. The van der Waals surface area contributed by atoms with Crippen LogP contribution in [0, 0.1) is 23.4 Å². The van der Waals surface area contributed by atoms with Gasteiger partial charge in [-0.05, 0) is 24.8 Å². The molecule has 0 bridgehead atoms. The highest BCUT2D eigenvalue weighted by Crippen LogP contribution is 2.22. The smallest absolute Gasteiger partial charge is 0.161 e. The quantitative estimate of drug-likeness (QED) is 0.799. The maximum atomic E-state index is 13.6. The lowest BCUT2D eigenvalue weighted by atomic mass is 10.00. The second-order valence-electron chi connectivity index (χ2n) is 5.32. The normalized spacial score (nSPS) is 16.2. The van der Waals surface area contributed by atoms with Crippen LogP contribution < -0.4 is 5.32 Å². The Morgan fingerprint density at radius 3 is 2.42 bits per heavy atom. The van der Waals surface area contributed by atoms with Crippen LogP contribution in [0.2, 0.25) is 0 Å². The fraction of sp³-hybridized carbons (Fsp3) is 0.467. The van der Waals surface area contributed by atoms with Gasteiger partial charge < -0.3 is 5.32 Å². The van der Waals surface area contributed by atoms with Crippen molar-refractivity contribution in [2.45, 2.75) is 32.7 Å². The molecule has 1 aliphatic carbocycles. The summed E-state index contributed by atoms with van der Waals surface area (Å²) in [5.41, 5.74) is 1.08. The lowest BCUT2D eigenvalue weighted by molar-refractivity contribution is 0.494. The van der Waals surface area contributed by atoms with Crippen LogP contribution in [0.5, 0.6) is 0 Å². The zero-order valence-corrected chi connectivity index (χ0v) is 11.1. The van der Waals surface area contributed by atoms with E-state index < -0.39 is 17.5 Å². The third-order valence-corrected chi connectivity index (χ3v) is 3.29. The number of hydrogen-bond acceptors (Lipinski definition) is 1. The Balaban J connectivity index is 2.21. The predicted octanol–water partition coefficient (Wildman–Crippen LogP) is 3.90. The maximum absolute atomic E-state index is 13.6. The maximum Gasteiger partial charge on any atom is 0.161 e. The molecular weight excluding hydrogens is 251 g/mol. The third-order valence-electron chi connectivity index (χ3n) is 3.29. The van der Waals surface area contributed by atoms with Crippen molar-refractivity contribution < 1.29 is 13.2 Å². The molecule has 0 unspecified atom stereocenters. The molecule has 0 atom stereocenters. The molecule has 2 rings (SSSR count). The standard InChI is InChI=1S/C15H18F3N/c1-9(2)11(8-19-12-3-4-12)5-10-6-14(17)15(18)7-13(10)16/h5-7,9,12,19H,3-4,8H2,1-2H3/b11-5+. The minimum atomic E-state index is -1.16. The summed E-state index contributed by atoms with van der Waals surface area (Å²) in [7, 11) is 0. The number of halogens is 3. The lowest BCUT2D eigenvalue weighted by Crippen LogP contribution is -2.21. The molecule has 104 valence electrons. The molecule has 0 aliphatic heterocycles.